The summed E-state index contributed by atoms with van der Waals surface area (Å²) in [7, 11) is 1.61. The number of nitrogens with zero attached hydrogens (tertiary/aromatic N) is 1. The molecule has 32 heavy (non-hydrogen) atoms. The van der Waals surface area contributed by atoms with Crippen LogP contribution in [0.15, 0.2) is 48.5 Å². The number of amides is 2. The molecule has 2 aromatic rings. The van der Waals surface area contributed by atoms with Gasteiger partial charge in [-0.1, -0.05) is 36.8 Å². The van der Waals surface area contributed by atoms with E-state index in [0.717, 1.165) is 17.1 Å². The molecule has 0 spiro atoms. The Kier molecular flexibility index (Phi) is 10.1. The summed E-state index contributed by atoms with van der Waals surface area (Å²) < 4.78 is 11.1. The molecule has 0 aromatic heterocycles. The van der Waals surface area contributed by atoms with Gasteiger partial charge in [-0.15, -0.1) is 0 Å². The van der Waals surface area contributed by atoms with Crippen molar-refractivity contribution < 1.29 is 19.1 Å². The van der Waals surface area contributed by atoms with E-state index in [-0.39, 0.29) is 17.9 Å². The van der Waals surface area contributed by atoms with Crippen LogP contribution < -0.4 is 14.8 Å². The predicted molar refractivity (Wildman–Crippen MR) is 127 cm³/mol. The fraction of sp³-hybridized carbons (Fsp3) is 0.462. The maximum Gasteiger partial charge on any atom is 0.243 e. The van der Waals surface area contributed by atoms with Crippen molar-refractivity contribution in [2.75, 3.05) is 13.7 Å². The molecule has 6 nitrogen and oxygen atoms in total. The topological polar surface area (TPSA) is 67.9 Å². The lowest BCUT2D eigenvalue weighted by atomic mass is 10.1. The highest BCUT2D eigenvalue weighted by Crippen LogP contribution is 2.19. The van der Waals surface area contributed by atoms with Gasteiger partial charge >= 0.3 is 0 Å². The van der Waals surface area contributed by atoms with E-state index in [2.05, 4.69) is 5.32 Å². The van der Waals surface area contributed by atoms with Gasteiger partial charge in [0.25, 0.3) is 0 Å². The number of carbonyl (C=O) groups is 2. The van der Waals surface area contributed by atoms with Crippen LogP contribution in [0.3, 0.4) is 0 Å². The Morgan fingerprint density at radius 2 is 1.78 bits per heavy atom. The highest BCUT2D eigenvalue weighted by molar-refractivity contribution is 5.87. The normalized spacial score (nSPS) is 11.7. The first-order valence-electron chi connectivity index (χ1n) is 11.3. The second kappa shape index (κ2) is 12.7. The zero-order chi connectivity index (χ0) is 23.5. The van der Waals surface area contributed by atoms with E-state index in [9.17, 15) is 9.59 Å². The van der Waals surface area contributed by atoms with Crippen LogP contribution >= 0.6 is 0 Å². The Morgan fingerprint density at radius 3 is 2.41 bits per heavy atom. The van der Waals surface area contributed by atoms with Gasteiger partial charge in [0.1, 0.15) is 17.5 Å². The molecule has 0 saturated heterocycles. The van der Waals surface area contributed by atoms with Crippen molar-refractivity contribution in [2.45, 2.75) is 65.6 Å². The number of methoxy groups -OCH3 is 1. The molecule has 0 fully saturated rings. The summed E-state index contributed by atoms with van der Waals surface area (Å²) >= 11 is 0. The van der Waals surface area contributed by atoms with Crippen molar-refractivity contribution in [1.82, 2.24) is 10.2 Å². The van der Waals surface area contributed by atoms with Crippen molar-refractivity contribution in [3.8, 4) is 11.5 Å². The molecular weight excluding hydrogens is 404 g/mol. The van der Waals surface area contributed by atoms with Gasteiger partial charge in [-0.25, -0.2) is 0 Å². The number of aryl methyl sites for hydroxylation is 1. The van der Waals surface area contributed by atoms with Crippen LogP contribution in [0.2, 0.25) is 0 Å². The summed E-state index contributed by atoms with van der Waals surface area (Å²) in [5.74, 6) is 1.32. The highest BCUT2D eigenvalue weighted by Gasteiger charge is 2.28. The quantitative estimate of drug-likeness (QED) is 0.494. The fourth-order valence-electron chi connectivity index (χ4n) is 3.46. The molecule has 0 aliphatic rings. The molecule has 0 bridgehead atoms. The first-order valence-corrected chi connectivity index (χ1v) is 11.3. The van der Waals surface area contributed by atoms with Gasteiger partial charge in [-0.2, -0.15) is 0 Å². The lowest BCUT2D eigenvalue weighted by molar-refractivity contribution is -0.141. The van der Waals surface area contributed by atoms with Crippen LogP contribution in [-0.2, 0) is 16.1 Å². The average Bonchev–Trinajstić information content (AvgIpc) is 2.77. The van der Waals surface area contributed by atoms with Crippen LogP contribution in [-0.4, -0.2) is 42.5 Å². The molecule has 1 atom stereocenters. The second-order valence-electron chi connectivity index (χ2n) is 8.23. The summed E-state index contributed by atoms with van der Waals surface area (Å²) in [4.78, 5) is 27.7. The Labute approximate surface area is 191 Å². The average molecular weight is 441 g/mol. The minimum Gasteiger partial charge on any atom is -0.497 e. The van der Waals surface area contributed by atoms with Crippen LogP contribution in [0.1, 0.15) is 51.2 Å². The first kappa shape index (κ1) is 25.2. The minimum absolute atomic E-state index is 0.00762. The lowest BCUT2D eigenvalue weighted by Crippen LogP contribution is -2.50. The Bertz CT molecular complexity index is 864. The Hall–Kier alpha value is -3.02. The van der Waals surface area contributed by atoms with Gasteiger partial charge in [0.2, 0.25) is 11.8 Å². The molecule has 1 N–H and O–H groups in total. The molecule has 6 heteroatoms. The zero-order valence-corrected chi connectivity index (χ0v) is 19.9. The number of carbonyl (C=O) groups excluding carboxylic acids is 2. The Balaban J connectivity index is 2.07. The van der Waals surface area contributed by atoms with Crippen molar-refractivity contribution in [2.24, 2.45) is 0 Å². The molecule has 0 aliphatic carbocycles. The van der Waals surface area contributed by atoms with Crippen molar-refractivity contribution >= 4 is 11.8 Å². The third-order valence-corrected chi connectivity index (χ3v) is 5.13. The number of hydrogen-bond donors (Lipinski definition) is 1. The largest absolute Gasteiger partial charge is 0.497 e. The van der Waals surface area contributed by atoms with Crippen LogP contribution in [0.25, 0.3) is 0 Å². The molecule has 2 amide bonds. The molecule has 0 heterocycles. The van der Waals surface area contributed by atoms with Gasteiger partial charge in [0, 0.05) is 19.0 Å². The van der Waals surface area contributed by atoms with E-state index in [1.54, 1.807) is 12.0 Å². The summed E-state index contributed by atoms with van der Waals surface area (Å²) in [6.07, 6.45) is 1.42. The van der Waals surface area contributed by atoms with E-state index in [4.69, 9.17) is 9.47 Å². The van der Waals surface area contributed by atoms with E-state index < -0.39 is 6.04 Å². The molecular formula is C26H36N2O4. The Morgan fingerprint density at radius 1 is 1.06 bits per heavy atom. The third-order valence-electron chi connectivity index (χ3n) is 5.13. The van der Waals surface area contributed by atoms with E-state index in [0.29, 0.717) is 32.4 Å². The SMILES string of the molecule is CCC(C(=O)NC(C)C)N(Cc1cccc(OC)c1)C(=O)CCCOc1ccc(C)cc1. The molecule has 174 valence electrons. The minimum atomic E-state index is -0.533. The first-order chi connectivity index (χ1) is 15.3. The standard InChI is InChI=1S/C26H36N2O4/c1-6-24(26(30)27-19(2)3)28(18-21-9-7-10-23(17-21)31-5)25(29)11-8-16-32-22-14-12-20(4)13-15-22/h7,9-10,12-15,17,19,24H,6,8,11,16,18H2,1-5H3,(H,27,30). The monoisotopic (exact) mass is 440 g/mol. The van der Waals surface area contributed by atoms with Crippen LogP contribution in [0.4, 0.5) is 0 Å². The molecule has 0 aliphatic heterocycles. The van der Waals surface area contributed by atoms with E-state index in [1.165, 1.54) is 5.56 Å². The molecule has 0 radical (unpaired) electrons. The predicted octanol–water partition coefficient (Wildman–Crippen LogP) is 4.49. The molecule has 2 rings (SSSR count). The summed E-state index contributed by atoms with van der Waals surface area (Å²) in [5, 5.41) is 2.95. The van der Waals surface area contributed by atoms with Crippen molar-refractivity contribution in [3.05, 3.63) is 59.7 Å². The second-order valence-corrected chi connectivity index (χ2v) is 8.23. The zero-order valence-electron chi connectivity index (χ0n) is 19.9. The third kappa shape index (κ3) is 7.91. The maximum absolute atomic E-state index is 13.2. The summed E-state index contributed by atoms with van der Waals surface area (Å²) in [6.45, 7) is 8.58. The van der Waals surface area contributed by atoms with E-state index in [1.807, 2.05) is 76.2 Å². The van der Waals surface area contributed by atoms with Crippen molar-refractivity contribution in [3.63, 3.8) is 0 Å². The van der Waals surface area contributed by atoms with Crippen LogP contribution in [0.5, 0.6) is 11.5 Å². The maximum atomic E-state index is 13.2. The number of benzene rings is 2. The van der Waals surface area contributed by atoms with Gasteiger partial charge in [0.15, 0.2) is 0 Å². The number of nitrogens with one attached hydrogen (secondary N) is 1. The number of hydrogen-bond acceptors (Lipinski definition) is 4. The van der Waals surface area contributed by atoms with Crippen LogP contribution in [0, 0.1) is 6.92 Å². The highest BCUT2D eigenvalue weighted by atomic mass is 16.5. The van der Waals surface area contributed by atoms with Gasteiger partial charge in [0.05, 0.1) is 13.7 Å². The summed E-state index contributed by atoms with van der Waals surface area (Å²) in [6, 6.07) is 14.9. The van der Waals surface area contributed by atoms with Crippen molar-refractivity contribution in [1.29, 1.82) is 0 Å². The van der Waals surface area contributed by atoms with Gasteiger partial charge in [-0.3, -0.25) is 9.59 Å². The summed E-state index contributed by atoms with van der Waals surface area (Å²) in [5.41, 5.74) is 2.09. The number of rotatable bonds is 12. The molecule has 2 aromatic carbocycles. The molecule has 1 unspecified atom stereocenters. The van der Waals surface area contributed by atoms with E-state index >= 15 is 0 Å². The smallest absolute Gasteiger partial charge is 0.243 e. The molecule has 0 saturated carbocycles. The lowest BCUT2D eigenvalue weighted by Gasteiger charge is -2.31. The van der Waals surface area contributed by atoms with Gasteiger partial charge < -0.3 is 19.7 Å². The van der Waals surface area contributed by atoms with Gasteiger partial charge in [-0.05, 0) is 63.4 Å². The number of ether oxygens (including phenoxy) is 2. The fourth-order valence-corrected chi connectivity index (χ4v) is 3.46.